The third kappa shape index (κ3) is 4.04. The van der Waals surface area contributed by atoms with Gasteiger partial charge in [0.15, 0.2) is 0 Å². The number of aromatic carboxylic acids is 1. The number of rotatable bonds is 2. The molecule has 0 spiro atoms. The average Bonchev–Trinajstić information content (AvgIpc) is 2.59. The van der Waals surface area contributed by atoms with E-state index in [2.05, 4.69) is 9.88 Å². The molecule has 0 radical (unpaired) electrons. The molecule has 2 heterocycles. The molecule has 7 heteroatoms. The summed E-state index contributed by atoms with van der Waals surface area (Å²) in [7, 11) is 0. The highest BCUT2D eigenvalue weighted by molar-refractivity contribution is 5.93. The number of hydrogen-bond donors (Lipinski definition) is 1. The van der Waals surface area contributed by atoms with E-state index in [1.54, 1.807) is 11.0 Å². The number of carboxylic acids is 1. The maximum Gasteiger partial charge on any atom is 0.410 e. The van der Waals surface area contributed by atoms with Crippen LogP contribution in [0, 0.1) is 0 Å². The van der Waals surface area contributed by atoms with Crippen molar-refractivity contribution in [2.24, 2.45) is 0 Å². The monoisotopic (exact) mass is 357 g/mol. The number of ether oxygens (including phenoxy) is 1. The van der Waals surface area contributed by atoms with E-state index in [9.17, 15) is 9.59 Å². The number of hydrogen-bond acceptors (Lipinski definition) is 5. The van der Waals surface area contributed by atoms with Crippen molar-refractivity contribution < 1.29 is 19.4 Å². The molecule has 138 valence electrons. The molecule has 0 atom stereocenters. The van der Waals surface area contributed by atoms with Crippen LogP contribution in [-0.4, -0.2) is 58.8 Å². The molecule has 26 heavy (non-hydrogen) atoms. The zero-order chi connectivity index (χ0) is 18.9. The first-order chi connectivity index (χ1) is 12.2. The number of piperazine rings is 1. The first-order valence-corrected chi connectivity index (χ1v) is 8.59. The average molecular weight is 357 g/mol. The van der Waals surface area contributed by atoms with Crippen molar-refractivity contribution >= 4 is 28.7 Å². The Morgan fingerprint density at radius 3 is 2.42 bits per heavy atom. The van der Waals surface area contributed by atoms with E-state index in [4.69, 9.17) is 9.84 Å². The van der Waals surface area contributed by atoms with Gasteiger partial charge in [-0.15, -0.1) is 0 Å². The topological polar surface area (TPSA) is 83.0 Å². The second kappa shape index (κ2) is 6.82. The van der Waals surface area contributed by atoms with Gasteiger partial charge >= 0.3 is 12.1 Å². The lowest BCUT2D eigenvalue weighted by Crippen LogP contribution is -2.50. The van der Waals surface area contributed by atoms with Gasteiger partial charge in [0, 0.05) is 43.4 Å². The lowest BCUT2D eigenvalue weighted by atomic mass is 10.1. The number of nitrogens with zero attached hydrogens (tertiary/aromatic N) is 3. The molecule has 3 rings (SSSR count). The van der Waals surface area contributed by atoms with Gasteiger partial charge < -0.3 is 19.6 Å². The number of carboxylic acid groups (broad SMARTS) is 1. The predicted molar refractivity (Wildman–Crippen MR) is 98.7 cm³/mol. The molecular formula is C19H23N3O4. The van der Waals surface area contributed by atoms with Gasteiger partial charge in [0.05, 0.1) is 11.1 Å². The van der Waals surface area contributed by atoms with Crippen LogP contribution in [0.4, 0.5) is 10.5 Å². The van der Waals surface area contributed by atoms with Crippen molar-refractivity contribution in [1.82, 2.24) is 9.88 Å². The second-order valence-corrected chi connectivity index (χ2v) is 7.36. The molecule has 2 aromatic rings. The summed E-state index contributed by atoms with van der Waals surface area (Å²) in [5.41, 5.74) is 1.45. The number of fused-ring (bicyclic) bond motifs is 1. The molecule has 1 aliphatic rings. The molecule has 1 amide bonds. The van der Waals surface area contributed by atoms with Gasteiger partial charge in [0.25, 0.3) is 0 Å². The first kappa shape index (κ1) is 18.0. The zero-order valence-electron chi connectivity index (χ0n) is 15.2. The fraction of sp³-hybridized carbons (Fsp3) is 0.421. The molecule has 0 bridgehead atoms. The minimum atomic E-state index is -0.984. The normalized spacial score (nSPS) is 15.2. The molecule has 1 aliphatic heterocycles. The first-order valence-electron chi connectivity index (χ1n) is 8.59. The van der Waals surface area contributed by atoms with E-state index < -0.39 is 11.6 Å². The minimum absolute atomic E-state index is 0.177. The molecule has 0 aliphatic carbocycles. The molecule has 1 N–H and O–H groups in total. The summed E-state index contributed by atoms with van der Waals surface area (Å²) >= 11 is 0. The van der Waals surface area contributed by atoms with Gasteiger partial charge in [-0.3, -0.25) is 4.98 Å². The molecule has 0 unspecified atom stereocenters. The molecule has 1 fully saturated rings. The van der Waals surface area contributed by atoms with Crippen molar-refractivity contribution in [1.29, 1.82) is 0 Å². The maximum atomic E-state index is 12.1. The fourth-order valence-electron chi connectivity index (χ4n) is 2.90. The minimum Gasteiger partial charge on any atom is -0.478 e. The highest BCUT2D eigenvalue weighted by Crippen LogP contribution is 2.23. The Morgan fingerprint density at radius 1 is 1.12 bits per heavy atom. The Labute approximate surface area is 152 Å². The summed E-state index contributed by atoms with van der Waals surface area (Å²) in [4.78, 5) is 31.3. The third-order valence-electron chi connectivity index (χ3n) is 4.21. The molecular weight excluding hydrogens is 334 g/mol. The number of pyridine rings is 1. The highest BCUT2D eigenvalue weighted by atomic mass is 16.6. The van der Waals surface area contributed by atoms with Crippen LogP contribution < -0.4 is 4.90 Å². The smallest absolute Gasteiger partial charge is 0.410 e. The SMILES string of the molecule is CC(C)(C)OC(=O)N1CCN(c2ccc3cc(C(=O)O)cnc3c2)CC1. The van der Waals surface area contributed by atoms with Crippen LogP contribution in [0.2, 0.25) is 0 Å². The molecule has 1 saturated heterocycles. The summed E-state index contributed by atoms with van der Waals surface area (Å²) < 4.78 is 5.42. The van der Waals surface area contributed by atoms with Gasteiger partial charge in [0.2, 0.25) is 0 Å². The standard InChI is InChI=1S/C19H23N3O4/c1-19(2,3)26-18(25)22-8-6-21(7-9-22)15-5-4-13-10-14(17(23)24)12-20-16(13)11-15/h4-5,10-12H,6-9H2,1-3H3,(H,23,24). The van der Waals surface area contributed by atoms with Crippen molar-refractivity contribution in [2.45, 2.75) is 26.4 Å². The third-order valence-corrected chi connectivity index (χ3v) is 4.21. The van der Waals surface area contributed by atoms with Crippen LogP contribution in [-0.2, 0) is 4.74 Å². The van der Waals surface area contributed by atoms with Gasteiger partial charge in [-0.25, -0.2) is 9.59 Å². The van der Waals surface area contributed by atoms with Crippen molar-refractivity contribution in [2.75, 3.05) is 31.1 Å². The van der Waals surface area contributed by atoms with Crippen molar-refractivity contribution in [3.63, 3.8) is 0 Å². The Balaban J connectivity index is 1.68. The number of amides is 1. The summed E-state index contributed by atoms with van der Waals surface area (Å²) in [5.74, 6) is -0.984. The van der Waals surface area contributed by atoms with Crippen LogP contribution in [0.3, 0.4) is 0 Å². The molecule has 0 saturated carbocycles. The van der Waals surface area contributed by atoms with E-state index in [1.165, 1.54) is 6.20 Å². The Kier molecular flexibility index (Phi) is 4.71. The van der Waals surface area contributed by atoms with E-state index in [-0.39, 0.29) is 11.7 Å². The molecule has 1 aromatic heterocycles. The number of aromatic nitrogens is 1. The number of carbonyl (C=O) groups is 2. The van der Waals surface area contributed by atoms with Crippen molar-refractivity contribution in [3.05, 3.63) is 36.0 Å². The lowest BCUT2D eigenvalue weighted by Gasteiger charge is -2.36. The predicted octanol–water partition coefficient (Wildman–Crippen LogP) is 2.99. The van der Waals surface area contributed by atoms with Gasteiger partial charge in [-0.2, -0.15) is 0 Å². The van der Waals surface area contributed by atoms with Crippen molar-refractivity contribution in [3.8, 4) is 0 Å². The van der Waals surface area contributed by atoms with Crippen LogP contribution in [0.5, 0.6) is 0 Å². The summed E-state index contributed by atoms with van der Waals surface area (Å²) in [6.45, 7) is 8.18. The van der Waals surface area contributed by atoms with E-state index in [1.807, 2.05) is 39.0 Å². The largest absolute Gasteiger partial charge is 0.478 e. The van der Waals surface area contributed by atoms with E-state index in [0.29, 0.717) is 26.2 Å². The zero-order valence-corrected chi connectivity index (χ0v) is 15.2. The number of carbonyl (C=O) groups excluding carboxylic acids is 1. The number of benzene rings is 1. The molecule has 1 aromatic carbocycles. The van der Waals surface area contributed by atoms with Gasteiger partial charge in [-0.1, -0.05) is 6.07 Å². The van der Waals surface area contributed by atoms with Crippen LogP contribution in [0.15, 0.2) is 30.5 Å². The quantitative estimate of drug-likeness (QED) is 0.890. The van der Waals surface area contributed by atoms with Crippen LogP contribution >= 0.6 is 0 Å². The summed E-state index contributed by atoms with van der Waals surface area (Å²) in [6.07, 6.45) is 1.09. The highest BCUT2D eigenvalue weighted by Gasteiger charge is 2.26. The Morgan fingerprint density at radius 2 is 1.81 bits per heavy atom. The van der Waals surface area contributed by atoms with Gasteiger partial charge in [0.1, 0.15) is 5.60 Å². The maximum absolute atomic E-state index is 12.1. The second-order valence-electron chi connectivity index (χ2n) is 7.36. The van der Waals surface area contributed by atoms with E-state index in [0.717, 1.165) is 16.6 Å². The fourth-order valence-corrected chi connectivity index (χ4v) is 2.90. The lowest BCUT2D eigenvalue weighted by molar-refractivity contribution is 0.0240. The van der Waals surface area contributed by atoms with Gasteiger partial charge in [-0.05, 0) is 39.0 Å². The molecule has 7 nitrogen and oxygen atoms in total. The van der Waals surface area contributed by atoms with E-state index >= 15 is 0 Å². The Bertz CT molecular complexity index is 836. The number of anilines is 1. The Hall–Kier alpha value is -2.83. The summed E-state index contributed by atoms with van der Waals surface area (Å²) in [5, 5.41) is 9.84. The van der Waals surface area contributed by atoms with Crippen LogP contribution in [0.25, 0.3) is 10.9 Å². The summed E-state index contributed by atoms with van der Waals surface area (Å²) in [6, 6.07) is 7.40. The van der Waals surface area contributed by atoms with Crippen LogP contribution in [0.1, 0.15) is 31.1 Å².